The highest BCUT2D eigenvalue weighted by Crippen LogP contribution is 2.36. The monoisotopic (exact) mass is 282 g/mol. The van der Waals surface area contributed by atoms with Gasteiger partial charge in [-0.1, -0.05) is 13.8 Å². The minimum Gasteiger partial charge on any atom is -0.393 e. The molecule has 8 heteroatoms. The van der Waals surface area contributed by atoms with Crippen LogP contribution in [0.25, 0.3) is 0 Å². The molecule has 1 aromatic rings. The molecule has 0 radical (unpaired) electrons. The zero-order chi connectivity index (χ0) is 15.3. The maximum absolute atomic E-state index is 11.1. The lowest BCUT2D eigenvalue weighted by molar-refractivity contribution is -0.393. The maximum atomic E-state index is 11.1. The zero-order valence-electron chi connectivity index (χ0n) is 11.5. The van der Waals surface area contributed by atoms with Gasteiger partial charge in [0.05, 0.1) is 15.9 Å². The van der Waals surface area contributed by atoms with Gasteiger partial charge in [0.15, 0.2) is 0 Å². The molecule has 0 spiro atoms. The molecule has 0 saturated heterocycles. The summed E-state index contributed by atoms with van der Waals surface area (Å²) in [5.74, 6) is 0. The average molecular weight is 282 g/mol. The first-order valence-electron chi connectivity index (χ1n) is 6.39. The Kier molecular flexibility index (Phi) is 5.24. The van der Waals surface area contributed by atoms with Gasteiger partial charge in [-0.05, 0) is 18.9 Å². The second kappa shape index (κ2) is 6.69. The predicted octanol–water partition coefficient (Wildman–Crippen LogP) is 2.71. The van der Waals surface area contributed by atoms with Gasteiger partial charge >= 0.3 is 0 Å². The molecule has 0 heterocycles. The van der Waals surface area contributed by atoms with E-state index in [1.54, 1.807) is 0 Å². The van der Waals surface area contributed by atoms with Gasteiger partial charge < -0.3 is 10.6 Å². The fraction of sp³-hybridized carbons (Fsp3) is 0.500. The molecule has 8 nitrogen and oxygen atoms in total. The Morgan fingerprint density at radius 3 is 1.95 bits per heavy atom. The Morgan fingerprint density at radius 1 is 1.05 bits per heavy atom. The standard InChI is InChI=1S/C12H18N4O4/c1-3-5-14(6-4-2)11-7-9(13)10(15(17)18)8-12(11)16(19)20/h7-8H,3-6,13H2,1-2H3. The van der Waals surface area contributed by atoms with E-state index in [0.29, 0.717) is 18.8 Å². The summed E-state index contributed by atoms with van der Waals surface area (Å²) >= 11 is 0. The summed E-state index contributed by atoms with van der Waals surface area (Å²) in [7, 11) is 0. The van der Waals surface area contributed by atoms with Crippen molar-refractivity contribution >= 4 is 22.7 Å². The van der Waals surface area contributed by atoms with Crippen LogP contribution in [0.3, 0.4) is 0 Å². The zero-order valence-corrected chi connectivity index (χ0v) is 11.5. The molecule has 0 aliphatic rings. The number of rotatable bonds is 7. The fourth-order valence-electron chi connectivity index (χ4n) is 2.03. The molecule has 0 saturated carbocycles. The van der Waals surface area contributed by atoms with Gasteiger partial charge in [-0.2, -0.15) is 0 Å². The Labute approximate surface area is 116 Å². The van der Waals surface area contributed by atoms with Crippen molar-refractivity contribution in [3.05, 3.63) is 32.4 Å². The van der Waals surface area contributed by atoms with Crippen molar-refractivity contribution in [3.8, 4) is 0 Å². The molecule has 0 unspecified atom stereocenters. The highest BCUT2D eigenvalue weighted by Gasteiger charge is 2.25. The summed E-state index contributed by atoms with van der Waals surface area (Å²) in [6, 6.07) is 2.25. The first kappa shape index (κ1) is 15.7. The predicted molar refractivity (Wildman–Crippen MR) is 77.0 cm³/mol. The van der Waals surface area contributed by atoms with Crippen LogP contribution in [0.2, 0.25) is 0 Å². The van der Waals surface area contributed by atoms with Gasteiger partial charge in [0, 0.05) is 13.1 Å². The Morgan fingerprint density at radius 2 is 1.55 bits per heavy atom. The smallest absolute Gasteiger partial charge is 0.299 e. The van der Waals surface area contributed by atoms with Crippen molar-refractivity contribution < 1.29 is 9.85 Å². The number of nitro benzene ring substituents is 2. The van der Waals surface area contributed by atoms with Crippen LogP contribution >= 0.6 is 0 Å². The minimum absolute atomic E-state index is 0.0622. The molecule has 0 aliphatic heterocycles. The van der Waals surface area contributed by atoms with Gasteiger partial charge in [0.2, 0.25) is 0 Å². The van der Waals surface area contributed by atoms with Gasteiger partial charge in [0.25, 0.3) is 11.4 Å². The molecule has 1 rings (SSSR count). The molecule has 0 amide bonds. The average Bonchev–Trinajstić information content (AvgIpc) is 2.37. The molecular weight excluding hydrogens is 264 g/mol. The summed E-state index contributed by atoms with van der Waals surface area (Å²) < 4.78 is 0. The third-order valence-corrected chi connectivity index (χ3v) is 2.84. The van der Waals surface area contributed by atoms with E-state index in [9.17, 15) is 20.2 Å². The molecule has 0 aliphatic carbocycles. The molecule has 20 heavy (non-hydrogen) atoms. The van der Waals surface area contributed by atoms with Crippen LogP contribution in [-0.4, -0.2) is 22.9 Å². The summed E-state index contributed by atoms with van der Waals surface area (Å²) in [6.07, 6.45) is 1.63. The van der Waals surface area contributed by atoms with E-state index in [2.05, 4.69) is 0 Å². The Hall–Kier alpha value is -2.38. The molecule has 110 valence electrons. The third kappa shape index (κ3) is 3.34. The van der Waals surface area contributed by atoms with E-state index in [-0.39, 0.29) is 11.4 Å². The number of benzene rings is 1. The number of nitro groups is 2. The number of nitrogen functional groups attached to an aromatic ring is 1. The van der Waals surface area contributed by atoms with Crippen molar-refractivity contribution in [2.24, 2.45) is 0 Å². The number of anilines is 2. The van der Waals surface area contributed by atoms with E-state index in [0.717, 1.165) is 18.9 Å². The molecule has 0 atom stereocenters. The van der Waals surface area contributed by atoms with Crippen LogP contribution in [0.1, 0.15) is 26.7 Å². The number of nitrogens with two attached hydrogens (primary N) is 1. The lowest BCUT2D eigenvalue weighted by Gasteiger charge is -2.23. The topological polar surface area (TPSA) is 116 Å². The van der Waals surface area contributed by atoms with E-state index >= 15 is 0 Å². The van der Waals surface area contributed by atoms with Crippen molar-refractivity contribution in [1.29, 1.82) is 0 Å². The summed E-state index contributed by atoms with van der Waals surface area (Å²) in [5.41, 5.74) is 5.18. The van der Waals surface area contributed by atoms with Crippen molar-refractivity contribution in [1.82, 2.24) is 0 Å². The van der Waals surface area contributed by atoms with E-state index in [1.165, 1.54) is 6.07 Å². The maximum Gasteiger partial charge on any atom is 0.299 e. The Balaban J connectivity index is 3.39. The van der Waals surface area contributed by atoms with Gasteiger partial charge in [-0.15, -0.1) is 0 Å². The first-order chi connectivity index (χ1) is 9.42. The van der Waals surface area contributed by atoms with E-state index < -0.39 is 15.5 Å². The van der Waals surface area contributed by atoms with Gasteiger partial charge in [0.1, 0.15) is 11.4 Å². The minimum atomic E-state index is -0.712. The fourth-order valence-corrected chi connectivity index (χ4v) is 2.03. The molecule has 0 fully saturated rings. The van der Waals surface area contributed by atoms with Crippen molar-refractivity contribution in [3.63, 3.8) is 0 Å². The van der Waals surface area contributed by atoms with Gasteiger partial charge in [-0.3, -0.25) is 20.2 Å². The number of hydrogen-bond acceptors (Lipinski definition) is 6. The highest BCUT2D eigenvalue weighted by molar-refractivity contribution is 5.76. The quantitative estimate of drug-likeness (QED) is 0.467. The van der Waals surface area contributed by atoms with Crippen LogP contribution in [0.15, 0.2) is 12.1 Å². The second-order valence-corrected chi connectivity index (χ2v) is 4.40. The molecule has 0 aromatic heterocycles. The molecular formula is C12H18N4O4. The highest BCUT2D eigenvalue weighted by atomic mass is 16.6. The van der Waals surface area contributed by atoms with E-state index in [1.807, 2.05) is 18.7 Å². The largest absolute Gasteiger partial charge is 0.393 e. The number of nitrogens with zero attached hydrogens (tertiary/aromatic N) is 3. The van der Waals surface area contributed by atoms with Crippen LogP contribution in [-0.2, 0) is 0 Å². The molecule has 1 aromatic carbocycles. The summed E-state index contributed by atoms with van der Waals surface area (Å²) in [4.78, 5) is 22.5. The van der Waals surface area contributed by atoms with Crippen LogP contribution in [0.5, 0.6) is 0 Å². The van der Waals surface area contributed by atoms with Crippen molar-refractivity contribution in [2.75, 3.05) is 23.7 Å². The summed E-state index contributed by atoms with van der Waals surface area (Å²) in [5, 5.41) is 22.0. The van der Waals surface area contributed by atoms with Crippen LogP contribution in [0, 0.1) is 20.2 Å². The SMILES string of the molecule is CCCN(CCC)c1cc(N)c([N+](=O)[O-])cc1[N+](=O)[O-]. The lowest BCUT2D eigenvalue weighted by atomic mass is 10.1. The lowest BCUT2D eigenvalue weighted by Crippen LogP contribution is -2.26. The molecule has 2 N–H and O–H groups in total. The Bertz CT molecular complexity index is 512. The molecule has 0 bridgehead atoms. The van der Waals surface area contributed by atoms with Gasteiger partial charge in [-0.25, -0.2) is 0 Å². The van der Waals surface area contributed by atoms with Crippen molar-refractivity contribution in [2.45, 2.75) is 26.7 Å². The normalized spacial score (nSPS) is 10.3. The first-order valence-corrected chi connectivity index (χ1v) is 6.39. The van der Waals surface area contributed by atoms with E-state index in [4.69, 9.17) is 5.73 Å². The third-order valence-electron chi connectivity index (χ3n) is 2.84. The van der Waals surface area contributed by atoms with Crippen LogP contribution in [0.4, 0.5) is 22.7 Å². The number of hydrogen-bond donors (Lipinski definition) is 1. The summed E-state index contributed by atoms with van der Waals surface area (Å²) in [6.45, 7) is 5.18. The second-order valence-electron chi connectivity index (χ2n) is 4.40. The van der Waals surface area contributed by atoms with Crippen LogP contribution < -0.4 is 10.6 Å².